The molecule has 1 aliphatic heterocycles. The Hall–Kier alpha value is -2.88. The number of rotatable bonds is 3. The van der Waals surface area contributed by atoms with E-state index in [4.69, 9.17) is 5.26 Å². The van der Waals surface area contributed by atoms with Gasteiger partial charge in [0.25, 0.3) is 0 Å². The van der Waals surface area contributed by atoms with Crippen LogP contribution in [0, 0.1) is 11.3 Å². The zero-order valence-electron chi connectivity index (χ0n) is 13.3. The third-order valence-corrected chi connectivity index (χ3v) is 4.08. The van der Waals surface area contributed by atoms with Gasteiger partial charge in [-0.1, -0.05) is 0 Å². The first-order valence-corrected chi connectivity index (χ1v) is 7.80. The van der Waals surface area contributed by atoms with Crippen LogP contribution in [-0.2, 0) is 0 Å². The molecule has 0 atom stereocenters. The molecule has 2 aromatic rings. The van der Waals surface area contributed by atoms with Crippen LogP contribution < -0.4 is 14.5 Å². The molecule has 0 unspecified atom stereocenters. The van der Waals surface area contributed by atoms with Crippen LogP contribution >= 0.6 is 0 Å². The second-order valence-electron chi connectivity index (χ2n) is 5.67. The van der Waals surface area contributed by atoms with Gasteiger partial charge >= 0.3 is 6.36 Å². The van der Waals surface area contributed by atoms with E-state index in [1.54, 1.807) is 24.3 Å². The number of ether oxygens (including phenoxy) is 1. The first-order chi connectivity index (χ1) is 11.9. The van der Waals surface area contributed by atoms with Gasteiger partial charge < -0.3 is 14.5 Å². The Morgan fingerprint density at radius 3 is 1.64 bits per heavy atom. The number of piperazine rings is 1. The largest absolute Gasteiger partial charge is 0.573 e. The number of benzene rings is 2. The van der Waals surface area contributed by atoms with E-state index in [2.05, 4.69) is 20.6 Å². The summed E-state index contributed by atoms with van der Waals surface area (Å²) in [4.78, 5) is 4.34. The summed E-state index contributed by atoms with van der Waals surface area (Å²) in [5.74, 6) is -0.215. The third-order valence-electron chi connectivity index (χ3n) is 4.08. The van der Waals surface area contributed by atoms with Gasteiger partial charge in [0, 0.05) is 37.6 Å². The second kappa shape index (κ2) is 6.93. The molecule has 1 saturated heterocycles. The van der Waals surface area contributed by atoms with E-state index < -0.39 is 6.36 Å². The summed E-state index contributed by atoms with van der Waals surface area (Å²) in [6, 6.07) is 15.5. The predicted molar refractivity (Wildman–Crippen MR) is 88.7 cm³/mol. The van der Waals surface area contributed by atoms with E-state index in [0.717, 1.165) is 37.6 Å². The van der Waals surface area contributed by atoms with Crippen molar-refractivity contribution < 1.29 is 17.9 Å². The third kappa shape index (κ3) is 4.35. The maximum atomic E-state index is 12.2. The zero-order chi connectivity index (χ0) is 17.9. The van der Waals surface area contributed by atoms with E-state index in [9.17, 15) is 13.2 Å². The summed E-state index contributed by atoms with van der Waals surface area (Å²) in [5.41, 5.74) is 2.56. The quantitative estimate of drug-likeness (QED) is 0.847. The molecule has 130 valence electrons. The first kappa shape index (κ1) is 17.0. The minimum atomic E-state index is -4.67. The van der Waals surface area contributed by atoms with Crippen molar-refractivity contribution in [2.75, 3.05) is 36.0 Å². The molecule has 1 fully saturated rings. The van der Waals surface area contributed by atoms with Gasteiger partial charge in [-0.05, 0) is 48.5 Å². The van der Waals surface area contributed by atoms with Crippen molar-refractivity contribution in [1.29, 1.82) is 5.26 Å². The number of hydrogen-bond donors (Lipinski definition) is 0. The monoisotopic (exact) mass is 347 g/mol. The molecule has 3 rings (SSSR count). The maximum absolute atomic E-state index is 12.2. The molecule has 0 radical (unpaired) electrons. The fraction of sp³-hybridized carbons (Fsp3) is 0.278. The molecule has 0 saturated carbocycles. The molecule has 1 heterocycles. The minimum Gasteiger partial charge on any atom is -0.406 e. The van der Waals surface area contributed by atoms with Gasteiger partial charge in [-0.15, -0.1) is 13.2 Å². The Bertz CT molecular complexity index is 743. The van der Waals surface area contributed by atoms with Gasteiger partial charge in [0.05, 0.1) is 11.6 Å². The van der Waals surface area contributed by atoms with Gasteiger partial charge in [0.1, 0.15) is 5.75 Å². The van der Waals surface area contributed by atoms with Crippen LogP contribution in [0.1, 0.15) is 5.56 Å². The van der Waals surface area contributed by atoms with E-state index in [0.29, 0.717) is 5.56 Å². The van der Waals surface area contributed by atoms with Crippen molar-refractivity contribution in [3.05, 3.63) is 54.1 Å². The highest BCUT2D eigenvalue weighted by Crippen LogP contribution is 2.26. The molecule has 25 heavy (non-hydrogen) atoms. The molecule has 0 amide bonds. The highest BCUT2D eigenvalue weighted by molar-refractivity contribution is 5.54. The van der Waals surface area contributed by atoms with Crippen molar-refractivity contribution in [1.82, 2.24) is 0 Å². The highest BCUT2D eigenvalue weighted by Gasteiger charge is 2.31. The Labute approximate surface area is 143 Å². The highest BCUT2D eigenvalue weighted by atomic mass is 19.4. The molecule has 0 aromatic heterocycles. The molecule has 2 aromatic carbocycles. The van der Waals surface area contributed by atoms with Crippen LogP contribution in [0.25, 0.3) is 0 Å². The van der Waals surface area contributed by atoms with E-state index in [1.165, 1.54) is 12.1 Å². The smallest absolute Gasteiger partial charge is 0.406 e. The van der Waals surface area contributed by atoms with Crippen molar-refractivity contribution >= 4 is 11.4 Å². The Morgan fingerprint density at radius 1 is 0.800 bits per heavy atom. The van der Waals surface area contributed by atoms with Crippen LogP contribution in [-0.4, -0.2) is 32.5 Å². The van der Waals surface area contributed by atoms with Crippen LogP contribution in [0.15, 0.2) is 48.5 Å². The number of halogens is 3. The van der Waals surface area contributed by atoms with Gasteiger partial charge in [0.15, 0.2) is 0 Å². The number of hydrogen-bond acceptors (Lipinski definition) is 4. The van der Waals surface area contributed by atoms with Crippen LogP contribution in [0.4, 0.5) is 24.5 Å². The number of alkyl halides is 3. The number of nitriles is 1. The Balaban J connectivity index is 1.59. The fourth-order valence-corrected chi connectivity index (χ4v) is 2.83. The first-order valence-electron chi connectivity index (χ1n) is 7.80. The predicted octanol–water partition coefficient (Wildman–Crippen LogP) is 3.78. The molecule has 0 spiro atoms. The summed E-state index contributed by atoms with van der Waals surface area (Å²) in [7, 11) is 0. The SMILES string of the molecule is N#Cc1ccc(N2CCN(c3ccc(OC(F)(F)F)cc3)CC2)cc1. The Morgan fingerprint density at radius 2 is 1.24 bits per heavy atom. The average Bonchev–Trinajstić information content (AvgIpc) is 2.61. The lowest BCUT2D eigenvalue weighted by Gasteiger charge is -2.37. The van der Waals surface area contributed by atoms with E-state index in [1.807, 2.05) is 12.1 Å². The topological polar surface area (TPSA) is 39.5 Å². The molecule has 0 aliphatic carbocycles. The normalized spacial score (nSPS) is 15.0. The summed E-state index contributed by atoms with van der Waals surface area (Å²) in [6.45, 7) is 3.12. The molecule has 0 N–H and O–H groups in total. The molecule has 0 bridgehead atoms. The summed E-state index contributed by atoms with van der Waals surface area (Å²) in [5, 5.41) is 8.84. The van der Waals surface area contributed by atoms with Crippen LogP contribution in [0.3, 0.4) is 0 Å². The summed E-state index contributed by atoms with van der Waals surface area (Å²) >= 11 is 0. The zero-order valence-corrected chi connectivity index (χ0v) is 13.3. The average molecular weight is 347 g/mol. The molecule has 4 nitrogen and oxygen atoms in total. The van der Waals surface area contributed by atoms with E-state index in [-0.39, 0.29) is 5.75 Å². The summed E-state index contributed by atoms with van der Waals surface area (Å²) in [6.07, 6.45) is -4.67. The van der Waals surface area contributed by atoms with Gasteiger partial charge in [0.2, 0.25) is 0 Å². The lowest BCUT2D eigenvalue weighted by Crippen LogP contribution is -2.46. The van der Waals surface area contributed by atoms with Crippen molar-refractivity contribution in [2.24, 2.45) is 0 Å². The number of nitrogens with zero attached hydrogens (tertiary/aromatic N) is 3. The molecular formula is C18H16F3N3O. The van der Waals surface area contributed by atoms with Gasteiger partial charge in [-0.25, -0.2) is 0 Å². The lowest BCUT2D eigenvalue weighted by molar-refractivity contribution is -0.274. The van der Waals surface area contributed by atoms with Crippen LogP contribution in [0.5, 0.6) is 5.75 Å². The van der Waals surface area contributed by atoms with Gasteiger partial charge in [-0.2, -0.15) is 5.26 Å². The van der Waals surface area contributed by atoms with Crippen molar-refractivity contribution in [3.63, 3.8) is 0 Å². The molecular weight excluding hydrogens is 331 g/mol. The lowest BCUT2D eigenvalue weighted by atomic mass is 10.2. The number of anilines is 2. The molecule has 1 aliphatic rings. The Kier molecular flexibility index (Phi) is 4.70. The second-order valence-corrected chi connectivity index (χ2v) is 5.67. The van der Waals surface area contributed by atoms with Gasteiger partial charge in [-0.3, -0.25) is 0 Å². The molecule has 7 heteroatoms. The maximum Gasteiger partial charge on any atom is 0.573 e. The fourth-order valence-electron chi connectivity index (χ4n) is 2.83. The summed E-state index contributed by atoms with van der Waals surface area (Å²) < 4.78 is 40.5. The minimum absolute atomic E-state index is 0.215. The van der Waals surface area contributed by atoms with Crippen molar-refractivity contribution in [3.8, 4) is 11.8 Å². The van der Waals surface area contributed by atoms with E-state index >= 15 is 0 Å². The van der Waals surface area contributed by atoms with Crippen LogP contribution in [0.2, 0.25) is 0 Å². The van der Waals surface area contributed by atoms with Crippen molar-refractivity contribution in [2.45, 2.75) is 6.36 Å². The standard InChI is InChI=1S/C18H16F3N3O/c19-18(20,21)25-17-7-5-16(6-8-17)24-11-9-23(10-12-24)15-3-1-14(13-22)2-4-15/h1-8H,9-12H2.